The monoisotopic (exact) mass is 590 g/mol. The minimum atomic E-state index is -4.21. The van der Waals surface area contributed by atoms with Crippen molar-refractivity contribution >= 4 is 40.6 Å². The number of hydrogen-bond acceptors (Lipinski definition) is 5. The van der Waals surface area contributed by atoms with E-state index in [0.717, 1.165) is 28.9 Å². The van der Waals surface area contributed by atoms with Crippen LogP contribution < -0.4 is 10.0 Å². The van der Waals surface area contributed by atoms with E-state index in [4.69, 9.17) is 4.74 Å². The number of benzene rings is 3. The fraction of sp³-hybridized carbons (Fsp3) is 0.259. The van der Waals surface area contributed by atoms with Gasteiger partial charge in [0.1, 0.15) is 18.1 Å². The van der Waals surface area contributed by atoms with E-state index in [1.54, 1.807) is 6.07 Å². The normalized spacial score (nSPS) is 12.1. The number of nitrogens with zero attached hydrogens (tertiary/aromatic N) is 2. The van der Waals surface area contributed by atoms with Gasteiger partial charge in [-0.3, -0.25) is 9.52 Å². The number of fused-ring (bicyclic) bond motifs is 1. The highest BCUT2D eigenvalue weighted by Crippen LogP contribution is 2.36. The maximum absolute atomic E-state index is 16.1. The number of rotatable bonds is 10. The van der Waals surface area contributed by atoms with Gasteiger partial charge in [-0.15, -0.1) is 0 Å². The number of nitrogens with one attached hydrogen (secondary N) is 2. The Labute approximate surface area is 231 Å². The Bertz CT molecular complexity index is 1670. The lowest BCUT2D eigenvalue weighted by Crippen LogP contribution is -2.22. The van der Waals surface area contributed by atoms with Crippen molar-refractivity contribution < 1.29 is 31.1 Å². The third-order valence-electron chi connectivity index (χ3n) is 6.16. The van der Waals surface area contributed by atoms with Gasteiger partial charge in [-0.25, -0.2) is 26.3 Å². The van der Waals surface area contributed by atoms with Crippen LogP contribution >= 0.6 is 0 Å². The van der Waals surface area contributed by atoms with Crippen LogP contribution in [0.15, 0.2) is 59.5 Å². The molecule has 0 radical (unpaired) electrons. The summed E-state index contributed by atoms with van der Waals surface area (Å²) in [6.07, 6.45) is 0. The summed E-state index contributed by atoms with van der Waals surface area (Å²) in [5, 5.41) is 6.77. The zero-order valence-electron chi connectivity index (χ0n) is 22.4. The fourth-order valence-corrected chi connectivity index (χ4v) is 5.85. The Morgan fingerprint density at radius 2 is 1.70 bits per heavy atom. The van der Waals surface area contributed by atoms with Gasteiger partial charge in [0.25, 0.3) is 15.9 Å². The lowest BCUT2D eigenvalue weighted by Gasteiger charge is -2.16. The fourth-order valence-electron chi connectivity index (χ4n) is 4.02. The highest BCUT2D eigenvalue weighted by Gasteiger charge is 2.26. The van der Waals surface area contributed by atoms with Gasteiger partial charge in [0, 0.05) is 32.7 Å². The number of carbonyl (C=O) groups excluding carboxylic acids is 1. The molecule has 8 nitrogen and oxygen atoms in total. The van der Waals surface area contributed by atoms with Gasteiger partial charge in [-0.1, -0.05) is 43.9 Å². The van der Waals surface area contributed by atoms with Crippen LogP contribution in [0.25, 0.3) is 22.0 Å². The molecule has 4 aromatic rings. The molecule has 0 aliphatic heterocycles. The predicted octanol–water partition coefficient (Wildman–Crippen LogP) is 5.59. The minimum absolute atomic E-state index is 0.0814. The smallest absolute Gasteiger partial charge is 0.272 e. The van der Waals surface area contributed by atoms with E-state index < -0.39 is 58.3 Å². The van der Waals surface area contributed by atoms with Crippen LogP contribution in [-0.2, 0) is 21.5 Å². The van der Waals surface area contributed by atoms with Gasteiger partial charge in [0.15, 0.2) is 17.3 Å². The predicted molar refractivity (Wildman–Crippen MR) is 150 cm³/mol. The average molecular weight is 591 g/mol. The molecule has 0 saturated heterocycles. The van der Waals surface area contributed by atoms with E-state index in [2.05, 4.69) is 34.8 Å². The number of aromatic nitrogens is 2. The molecule has 0 atom stereocenters. The Kier molecular flexibility index (Phi) is 8.37. The number of halogens is 3. The van der Waals surface area contributed by atoms with E-state index in [9.17, 15) is 13.2 Å². The number of amides is 1. The van der Waals surface area contributed by atoms with Gasteiger partial charge >= 0.3 is 0 Å². The number of sulfonamides is 1. The van der Waals surface area contributed by atoms with Crippen molar-refractivity contribution in [3.8, 4) is 11.1 Å². The summed E-state index contributed by atoms with van der Waals surface area (Å²) in [5.41, 5.74) is -2.08. The van der Waals surface area contributed by atoms with Crippen molar-refractivity contribution in [1.29, 1.82) is 0 Å². The lowest BCUT2D eigenvalue weighted by atomic mass is 10.0. The van der Waals surface area contributed by atoms with Crippen molar-refractivity contribution in [2.45, 2.75) is 37.3 Å². The first-order valence-corrected chi connectivity index (χ1v) is 17.6. The Balaban J connectivity index is 1.80. The van der Waals surface area contributed by atoms with E-state index in [1.165, 1.54) is 37.4 Å². The summed E-state index contributed by atoms with van der Waals surface area (Å²) in [4.78, 5) is 12.3. The van der Waals surface area contributed by atoms with Crippen LogP contribution in [0, 0.1) is 17.5 Å². The van der Waals surface area contributed by atoms with E-state index >= 15 is 13.2 Å². The molecule has 1 aromatic heterocycles. The molecule has 0 aliphatic rings. The van der Waals surface area contributed by atoms with E-state index in [0.29, 0.717) is 6.61 Å². The summed E-state index contributed by atoms with van der Waals surface area (Å²) in [5.74, 6) is -4.04. The molecule has 3 aromatic carbocycles. The van der Waals surface area contributed by atoms with Gasteiger partial charge in [-0.2, -0.15) is 5.10 Å². The number of anilines is 1. The van der Waals surface area contributed by atoms with Crippen LogP contribution in [0.3, 0.4) is 0 Å². The van der Waals surface area contributed by atoms with Crippen molar-refractivity contribution in [1.82, 2.24) is 15.1 Å². The van der Waals surface area contributed by atoms with Crippen molar-refractivity contribution in [3.05, 3.63) is 77.7 Å². The summed E-state index contributed by atoms with van der Waals surface area (Å²) in [7, 11) is -4.23. The molecule has 0 spiro atoms. The standard InChI is InChI=1S/C27H29F3N4O4SSi/c1-31-27(35)25-19-11-10-18(23(29)26(19)34(32-25)16-38-14-15-40(2,3)4)22-20(28)12-13-21(24(22)30)33-39(36,37)17-8-6-5-7-9-17/h5-13,33H,14-16H2,1-4H3,(H,31,35). The summed E-state index contributed by atoms with van der Waals surface area (Å²) in [6.45, 7) is 6.71. The first-order valence-electron chi connectivity index (χ1n) is 12.4. The molecule has 13 heteroatoms. The van der Waals surface area contributed by atoms with Gasteiger partial charge in [-0.05, 0) is 36.4 Å². The molecule has 0 fully saturated rings. The summed E-state index contributed by atoms with van der Waals surface area (Å²) < 4.78 is 81.2. The molecule has 40 heavy (non-hydrogen) atoms. The molecule has 2 N–H and O–H groups in total. The Morgan fingerprint density at radius 1 is 1.00 bits per heavy atom. The van der Waals surface area contributed by atoms with Crippen LogP contribution in [0.4, 0.5) is 18.9 Å². The Morgan fingerprint density at radius 3 is 2.35 bits per heavy atom. The van der Waals surface area contributed by atoms with Crippen molar-refractivity contribution in [2.75, 3.05) is 18.4 Å². The zero-order chi connectivity index (χ0) is 29.2. The third-order valence-corrected chi connectivity index (χ3v) is 9.25. The maximum Gasteiger partial charge on any atom is 0.272 e. The second-order valence-corrected chi connectivity index (χ2v) is 17.6. The van der Waals surface area contributed by atoms with Crippen LogP contribution in [0.5, 0.6) is 0 Å². The van der Waals surface area contributed by atoms with Gasteiger partial charge < -0.3 is 10.1 Å². The van der Waals surface area contributed by atoms with Crippen molar-refractivity contribution in [3.63, 3.8) is 0 Å². The van der Waals surface area contributed by atoms with Crippen molar-refractivity contribution in [2.24, 2.45) is 0 Å². The molecule has 1 amide bonds. The van der Waals surface area contributed by atoms with E-state index in [-0.39, 0.29) is 28.2 Å². The Hall–Kier alpha value is -3.68. The van der Waals surface area contributed by atoms with E-state index in [1.807, 2.05) is 0 Å². The molecular weight excluding hydrogens is 561 g/mol. The number of ether oxygens (including phenoxy) is 1. The highest BCUT2D eigenvalue weighted by molar-refractivity contribution is 7.92. The third kappa shape index (κ3) is 6.05. The number of carbonyl (C=O) groups is 1. The molecule has 212 valence electrons. The highest BCUT2D eigenvalue weighted by atomic mass is 32.2. The molecule has 4 rings (SSSR count). The molecule has 1 heterocycles. The zero-order valence-corrected chi connectivity index (χ0v) is 24.2. The number of hydrogen-bond donors (Lipinski definition) is 2. The topological polar surface area (TPSA) is 102 Å². The molecule has 0 bridgehead atoms. The minimum Gasteiger partial charge on any atom is -0.360 e. The summed E-state index contributed by atoms with van der Waals surface area (Å²) in [6, 6.07) is 12.3. The maximum atomic E-state index is 16.1. The molecule has 0 saturated carbocycles. The van der Waals surface area contributed by atoms with Crippen LogP contribution in [-0.4, -0.2) is 45.8 Å². The molecule has 0 aliphatic carbocycles. The van der Waals surface area contributed by atoms with Gasteiger partial charge in [0.2, 0.25) is 0 Å². The second-order valence-electron chi connectivity index (χ2n) is 10.3. The quantitative estimate of drug-likeness (QED) is 0.185. The van der Waals surface area contributed by atoms with Crippen LogP contribution in [0.2, 0.25) is 25.7 Å². The summed E-state index contributed by atoms with van der Waals surface area (Å²) >= 11 is 0. The first-order chi connectivity index (χ1) is 18.8. The SMILES string of the molecule is CNC(=O)c1nn(COCC[Si](C)(C)C)c2c(F)c(-c3c(F)ccc(NS(=O)(=O)c4ccccc4)c3F)ccc12. The average Bonchev–Trinajstić information content (AvgIpc) is 3.28. The molecular formula is C27H29F3N4O4SSi. The lowest BCUT2D eigenvalue weighted by molar-refractivity contribution is 0.0802. The second kappa shape index (κ2) is 11.4. The van der Waals surface area contributed by atoms with Crippen LogP contribution in [0.1, 0.15) is 10.5 Å². The first kappa shape index (κ1) is 29.3. The van der Waals surface area contributed by atoms with Gasteiger partial charge in [0.05, 0.1) is 16.1 Å². The largest absolute Gasteiger partial charge is 0.360 e. The molecule has 0 unspecified atom stereocenters.